The molecule has 0 spiro atoms. The van der Waals surface area contributed by atoms with Crippen LogP contribution in [0.15, 0.2) is 121 Å². The van der Waals surface area contributed by atoms with Gasteiger partial charge in [0, 0.05) is 0 Å². The lowest BCUT2D eigenvalue weighted by Gasteiger charge is -2.72. The number of hydrogen-bond donors (Lipinski definition) is 8. The summed E-state index contributed by atoms with van der Waals surface area (Å²) in [5.41, 5.74) is -9.86. The van der Waals surface area contributed by atoms with Crippen LogP contribution in [-0.4, -0.2) is 50.3 Å². The fourth-order valence-electron chi connectivity index (χ4n) is 16.4. The second-order valence-electron chi connectivity index (χ2n) is 28.1. The number of unbranched alkanes of at least 4 members (excludes halogenated alkanes) is 40. The van der Waals surface area contributed by atoms with Gasteiger partial charge < -0.3 is 48.2 Å². The zero-order valence-corrected chi connectivity index (χ0v) is 64.6. The van der Waals surface area contributed by atoms with E-state index >= 15 is 0 Å². The van der Waals surface area contributed by atoms with Crippen LogP contribution in [0.1, 0.15) is 358 Å². The Labute approximate surface area is 595 Å². The molecule has 0 fully saturated rings. The topological polar surface area (TPSA) is 199 Å². The molecule has 8 N–H and O–H groups in total. The van der Waals surface area contributed by atoms with Crippen molar-refractivity contribution in [2.75, 3.05) is 0 Å². The second-order valence-corrected chi connectivity index (χ2v) is 30.8. The van der Waals surface area contributed by atoms with Crippen LogP contribution in [0, 0.1) is 5.41 Å². The SMILES string of the molecule is CCCCCCCCCCCCCC(CCCCCCCCCCCCC)(OP(O)O)C(C(CCCCCCCCCCCCC)(CCCCCCCCCCCCC)OP(O)O)(C(OP(O)O)(c1ccccc1)c1ccccc1)C(OP(O)O)(c1ccccc1)c1ccccc1. The van der Waals surface area contributed by atoms with Gasteiger partial charge in [0.15, 0.2) is 0 Å². The standard InChI is InChI=1S/C81H136O12P4/c1-5-9-13-17-21-25-29-33-37-41-57-69-77(90-94(82)83,70-58-42-38-34-30-26-22-18-14-10-6-2)81(79(92-96(86)87,73-61-49-45-50-62-73)74-63-51-46-52-64-74,80(93-97(88)89,75-65-53-47-54-66-75)76-67-55-48-56-68-76)78(91-95(84)85,71-59-43-39-35-31-27-23-19-15-11-7-3)72-60-44-40-36-32-28-24-20-16-12-8-4/h45-56,61-68,82-89H,5-44,57-60,69-72H2,1-4H3. The van der Waals surface area contributed by atoms with Gasteiger partial charge in [-0.25, -0.2) is 0 Å². The molecule has 0 unspecified atom stereocenters. The summed E-state index contributed by atoms with van der Waals surface area (Å²) in [6.45, 7) is 8.97. The predicted molar refractivity (Wildman–Crippen MR) is 409 cm³/mol. The van der Waals surface area contributed by atoms with E-state index in [2.05, 4.69) is 27.7 Å². The normalized spacial score (nSPS) is 12.8. The van der Waals surface area contributed by atoms with E-state index in [4.69, 9.17) is 18.1 Å². The van der Waals surface area contributed by atoms with Crippen LogP contribution in [0.4, 0.5) is 0 Å². The lowest BCUT2D eigenvalue weighted by Crippen LogP contribution is -2.80. The first-order chi connectivity index (χ1) is 47.3. The van der Waals surface area contributed by atoms with Gasteiger partial charge in [-0.1, -0.05) is 432 Å². The Kier molecular flexibility index (Phi) is 47.8. The van der Waals surface area contributed by atoms with Crippen LogP contribution in [0.3, 0.4) is 0 Å². The van der Waals surface area contributed by atoms with Crippen molar-refractivity contribution in [3.05, 3.63) is 144 Å². The first kappa shape index (κ1) is 87.5. The Morgan fingerprint density at radius 2 is 0.371 bits per heavy atom. The molecular weight excluding hydrogens is 1290 g/mol. The van der Waals surface area contributed by atoms with Gasteiger partial charge in [0.1, 0.15) is 16.6 Å². The van der Waals surface area contributed by atoms with E-state index in [1.165, 1.54) is 128 Å². The molecule has 0 aliphatic carbocycles. The monoisotopic (exact) mass is 1420 g/mol. The van der Waals surface area contributed by atoms with Crippen molar-refractivity contribution in [3.8, 4) is 0 Å². The van der Waals surface area contributed by atoms with E-state index in [1.807, 2.05) is 121 Å². The van der Waals surface area contributed by atoms with Gasteiger partial charge in [-0.15, -0.1) is 0 Å². The summed E-state index contributed by atoms with van der Waals surface area (Å²) in [6, 6.07) is 37.3. The Morgan fingerprint density at radius 1 is 0.216 bits per heavy atom. The molecule has 0 aromatic heterocycles. The average Bonchev–Trinajstić information content (AvgIpc) is 0.645. The summed E-state index contributed by atoms with van der Waals surface area (Å²) in [5.74, 6) is 0. The third-order valence-corrected chi connectivity index (χ3v) is 22.7. The molecule has 552 valence electrons. The Bertz CT molecular complexity index is 2140. The maximum atomic E-state index is 12.6. The van der Waals surface area contributed by atoms with Gasteiger partial charge in [0.05, 0.1) is 11.2 Å². The smallest absolute Gasteiger partial charge is 0.328 e. The molecule has 0 aliphatic heterocycles. The van der Waals surface area contributed by atoms with E-state index in [0.717, 1.165) is 103 Å². The molecule has 97 heavy (non-hydrogen) atoms. The minimum atomic E-state index is -3.49. The van der Waals surface area contributed by atoms with Crippen LogP contribution in [-0.2, 0) is 29.3 Å². The van der Waals surface area contributed by atoms with Gasteiger partial charge in [-0.05, 0) is 47.9 Å². The molecule has 0 saturated heterocycles. The van der Waals surface area contributed by atoms with Crippen LogP contribution < -0.4 is 0 Å². The maximum absolute atomic E-state index is 12.6. The molecule has 0 saturated carbocycles. The molecule has 0 bridgehead atoms. The molecular formula is C81H136O12P4. The van der Waals surface area contributed by atoms with Crippen molar-refractivity contribution >= 4 is 34.4 Å². The fraction of sp³-hybridized carbons (Fsp3) is 0.704. The minimum Gasteiger partial charge on any atom is -0.328 e. The first-order valence-electron chi connectivity index (χ1n) is 39.0. The van der Waals surface area contributed by atoms with Gasteiger partial charge in [0.2, 0.25) is 0 Å². The minimum absolute atomic E-state index is 0.0667. The zero-order chi connectivity index (χ0) is 70.0. The van der Waals surface area contributed by atoms with Crippen molar-refractivity contribution in [1.29, 1.82) is 0 Å². The number of rotatable bonds is 64. The van der Waals surface area contributed by atoms with Gasteiger partial charge in [0.25, 0.3) is 0 Å². The number of benzene rings is 4. The Balaban J connectivity index is 2.35. The molecule has 4 aromatic rings. The summed E-state index contributed by atoms with van der Waals surface area (Å²) in [6.07, 6.45) is 45.6. The van der Waals surface area contributed by atoms with Crippen molar-refractivity contribution in [2.24, 2.45) is 5.41 Å². The van der Waals surface area contributed by atoms with Gasteiger partial charge in [-0.3, -0.25) is 9.05 Å². The van der Waals surface area contributed by atoms with Gasteiger partial charge >= 0.3 is 34.4 Å². The summed E-state index contributed by atoms with van der Waals surface area (Å²) in [7, 11) is -13.8. The van der Waals surface area contributed by atoms with E-state index < -0.39 is 62.2 Å². The summed E-state index contributed by atoms with van der Waals surface area (Å²) in [4.78, 5) is 101. The second kappa shape index (κ2) is 53.0. The molecule has 12 nitrogen and oxygen atoms in total. The van der Waals surface area contributed by atoms with Crippen LogP contribution in [0.25, 0.3) is 0 Å². The maximum Gasteiger partial charge on any atom is 0.328 e. The highest BCUT2D eigenvalue weighted by Crippen LogP contribution is 2.79. The zero-order valence-electron chi connectivity index (χ0n) is 61.0. The van der Waals surface area contributed by atoms with E-state index in [-0.39, 0.29) is 25.7 Å². The molecule has 4 aromatic carbocycles. The Hall–Kier alpha value is -1.88. The number of hydrogen-bond acceptors (Lipinski definition) is 12. The molecule has 4 rings (SSSR count). The summed E-state index contributed by atoms with van der Waals surface area (Å²) >= 11 is 0. The van der Waals surface area contributed by atoms with Crippen molar-refractivity contribution in [1.82, 2.24) is 0 Å². The van der Waals surface area contributed by atoms with E-state index in [9.17, 15) is 39.1 Å². The molecule has 0 amide bonds. The average molecular weight is 1430 g/mol. The lowest BCUT2D eigenvalue weighted by molar-refractivity contribution is -0.319. The van der Waals surface area contributed by atoms with Crippen molar-refractivity contribution < 1.29 is 57.2 Å². The molecule has 0 radical (unpaired) electrons. The first-order valence-corrected chi connectivity index (χ1v) is 43.7. The highest BCUT2D eigenvalue weighted by molar-refractivity contribution is 7.40. The lowest BCUT2D eigenvalue weighted by atomic mass is 9.39. The highest BCUT2D eigenvalue weighted by Gasteiger charge is 2.84. The predicted octanol–water partition coefficient (Wildman–Crippen LogP) is 25.1. The third kappa shape index (κ3) is 28.9. The molecule has 0 aliphatic rings. The van der Waals surface area contributed by atoms with Gasteiger partial charge in [-0.2, -0.15) is 0 Å². The summed E-state index contributed by atoms with van der Waals surface area (Å²) in [5, 5.41) is 0. The fourth-order valence-corrected chi connectivity index (χ4v) is 18.8. The van der Waals surface area contributed by atoms with Crippen LogP contribution in [0.5, 0.6) is 0 Å². The highest BCUT2D eigenvalue weighted by atomic mass is 31.2. The van der Waals surface area contributed by atoms with E-state index in [1.54, 1.807) is 0 Å². The third-order valence-electron chi connectivity index (χ3n) is 20.8. The quantitative estimate of drug-likeness (QED) is 0.0154. The van der Waals surface area contributed by atoms with Crippen molar-refractivity contribution in [3.63, 3.8) is 0 Å². The molecule has 0 heterocycles. The molecule has 0 atom stereocenters. The Morgan fingerprint density at radius 3 is 0.526 bits per heavy atom. The largest absolute Gasteiger partial charge is 0.328 e. The van der Waals surface area contributed by atoms with E-state index in [0.29, 0.717) is 73.6 Å². The van der Waals surface area contributed by atoms with Crippen LogP contribution >= 0.6 is 34.4 Å². The van der Waals surface area contributed by atoms with Crippen molar-refractivity contribution in [2.45, 2.75) is 358 Å². The molecule has 16 heteroatoms. The van der Waals surface area contributed by atoms with Crippen LogP contribution in [0.2, 0.25) is 0 Å². The summed E-state index contributed by atoms with van der Waals surface area (Å²) < 4.78 is 30.4.